The fraction of sp³-hybridized carbons (Fsp3) is 0.156. The number of ketones is 1. The first-order chi connectivity index (χ1) is 19.2. The van der Waals surface area contributed by atoms with Crippen molar-refractivity contribution in [2.24, 2.45) is 5.73 Å². The van der Waals surface area contributed by atoms with Gasteiger partial charge in [0.25, 0.3) is 5.91 Å². The predicted molar refractivity (Wildman–Crippen MR) is 143 cm³/mol. The summed E-state index contributed by atoms with van der Waals surface area (Å²) >= 11 is 0. The molecule has 1 amide bonds. The average molecular weight is 545 g/mol. The summed E-state index contributed by atoms with van der Waals surface area (Å²) in [7, 11) is 0. The number of primary amides is 1. The molecule has 5 rings (SSSR count). The maximum atomic E-state index is 14.2. The van der Waals surface area contributed by atoms with Crippen molar-refractivity contribution in [2.75, 3.05) is 0 Å². The number of nitrogens with two attached hydrogens (primary N) is 1. The highest BCUT2D eigenvalue weighted by Gasteiger charge is 2.25. The molecule has 3 aromatic carbocycles. The molecule has 0 saturated carbocycles. The van der Waals surface area contributed by atoms with E-state index in [1.54, 1.807) is 18.2 Å². The second-order valence-corrected chi connectivity index (χ2v) is 9.83. The summed E-state index contributed by atoms with van der Waals surface area (Å²) in [5.74, 6) is -4.39. The van der Waals surface area contributed by atoms with Gasteiger partial charge in [-0.2, -0.15) is 0 Å². The molecule has 4 aromatic rings. The number of allylic oxidation sites excluding steroid dienone is 2. The largest absolute Gasteiger partial charge is 0.366 e. The number of carbonyl (C=O) groups is 2. The van der Waals surface area contributed by atoms with Crippen LogP contribution >= 0.6 is 0 Å². The van der Waals surface area contributed by atoms with E-state index >= 15 is 0 Å². The summed E-state index contributed by atoms with van der Waals surface area (Å²) in [6.07, 6.45) is 4.12. The minimum atomic E-state index is -0.937. The molecule has 0 unspecified atom stereocenters. The molecule has 40 heavy (non-hydrogen) atoms. The van der Waals surface area contributed by atoms with Crippen molar-refractivity contribution in [1.29, 1.82) is 0 Å². The van der Waals surface area contributed by atoms with E-state index in [9.17, 15) is 27.2 Å². The standard InChI is InChI=1S/C32H24F4N2O2/c33-23-7-5-19-3-4-20(28(19)17-23)13-26(39)14-22(10-18-11-24(34)16-25(35)12-18)31-27(2-1-9-38-31)21-6-8-30(36)29(15-21)32(37)40/h1-2,4-9,11-12,15-17,22H,3,10,13-14H2,(H2,37,40)/t22-/m1/s1. The lowest BCUT2D eigenvalue weighted by molar-refractivity contribution is -0.118. The van der Waals surface area contributed by atoms with Crippen LogP contribution in [0.2, 0.25) is 0 Å². The lowest BCUT2D eigenvalue weighted by Crippen LogP contribution is -2.14. The maximum absolute atomic E-state index is 14.2. The summed E-state index contributed by atoms with van der Waals surface area (Å²) in [6.45, 7) is 0. The van der Waals surface area contributed by atoms with E-state index in [1.807, 2.05) is 6.08 Å². The van der Waals surface area contributed by atoms with Crippen molar-refractivity contribution in [3.8, 4) is 11.1 Å². The van der Waals surface area contributed by atoms with Crippen molar-refractivity contribution in [2.45, 2.75) is 31.6 Å². The van der Waals surface area contributed by atoms with E-state index in [4.69, 9.17) is 5.73 Å². The lowest BCUT2D eigenvalue weighted by atomic mass is 9.85. The highest BCUT2D eigenvalue weighted by atomic mass is 19.1. The topological polar surface area (TPSA) is 73.1 Å². The molecule has 8 heteroatoms. The van der Waals surface area contributed by atoms with Gasteiger partial charge in [-0.1, -0.05) is 24.3 Å². The Balaban J connectivity index is 1.50. The van der Waals surface area contributed by atoms with Crippen molar-refractivity contribution in [1.82, 2.24) is 4.98 Å². The van der Waals surface area contributed by atoms with E-state index in [-0.39, 0.29) is 30.6 Å². The maximum Gasteiger partial charge on any atom is 0.251 e. The third kappa shape index (κ3) is 5.86. The van der Waals surface area contributed by atoms with Gasteiger partial charge in [-0.3, -0.25) is 14.6 Å². The molecule has 1 aliphatic rings. The van der Waals surface area contributed by atoms with Crippen LogP contribution in [0.4, 0.5) is 17.6 Å². The van der Waals surface area contributed by atoms with E-state index in [0.717, 1.165) is 23.3 Å². The second-order valence-electron chi connectivity index (χ2n) is 9.83. The Hall–Kier alpha value is -4.59. The summed E-state index contributed by atoms with van der Waals surface area (Å²) < 4.78 is 56.2. The highest BCUT2D eigenvalue weighted by molar-refractivity contribution is 5.95. The van der Waals surface area contributed by atoms with Crippen LogP contribution < -0.4 is 5.73 Å². The molecular weight excluding hydrogens is 520 g/mol. The first-order valence-corrected chi connectivity index (χ1v) is 12.7. The number of hydrogen-bond acceptors (Lipinski definition) is 3. The summed E-state index contributed by atoms with van der Waals surface area (Å²) in [6, 6.07) is 14.9. The summed E-state index contributed by atoms with van der Waals surface area (Å²) in [5, 5.41) is 0. The molecule has 4 nitrogen and oxygen atoms in total. The Morgan fingerprint density at radius 1 is 0.875 bits per heavy atom. The van der Waals surface area contributed by atoms with Gasteiger partial charge < -0.3 is 5.73 Å². The van der Waals surface area contributed by atoms with Crippen molar-refractivity contribution in [3.05, 3.63) is 130 Å². The van der Waals surface area contributed by atoms with Gasteiger partial charge in [0.05, 0.1) is 11.3 Å². The smallest absolute Gasteiger partial charge is 0.251 e. The quantitative estimate of drug-likeness (QED) is 0.238. The molecule has 0 bridgehead atoms. The summed E-state index contributed by atoms with van der Waals surface area (Å²) in [5.41, 5.74) is 9.13. The zero-order valence-electron chi connectivity index (χ0n) is 21.3. The van der Waals surface area contributed by atoms with Crippen LogP contribution in [0.3, 0.4) is 0 Å². The number of aromatic nitrogens is 1. The molecule has 2 N–H and O–H groups in total. The van der Waals surface area contributed by atoms with Crippen molar-refractivity contribution in [3.63, 3.8) is 0 Å². The van der Waals surface area contributed by atoms with E-state index < -0.39 is 35.1 Å². The number of Topliss-reactive ketones (excluding diaryl/α,β-unsaturated/α-hetero) is 1. The van der Waals surface area contributed by atoms with Crippen molar-refractivity contribution >= 4 is 17.3 Å². The number of carbonyl (C=O) groups excluding carboxylic acids is 2. The first kappa shape index (κ1) is 27.0. The number of nitrogens with zero attached hydrogens (tertiary/aromatic N) is 1. The highest BCUT2D eigenvalue weighted by Crippen LogP contribution is 2.36. The SMILES string of the molecule is NC(=O)c1cc(-c2cccnc2[C@@H](CC(=O)CC2=CCc3ccc(F)cc32)Cc2cc(F)cc(F)c2)ccc1F. The van der Waals surface area contributed by atoms with Gasteiger partial charge in [-0.15, -0.1) is 0 Å². The van der Waals surface area contributed by atoms with Crippen LogP contribution in [0.15, 0.2) is 79.0 Å². The molecule has 0 aliphatic heterocycles. The predicted octanol–water partition coefficient (Wildman–Crippen LogP) is 6.72. The normalized spacial score (nSPS) is 13.1. The minimum absolute atomic E-state index is 0.0337. The Morgan fingerprint density at radius 3 is 2.40 bits per heavy atom. The molecule has 0 fully saturated rings. The van der Waals surface area contributed by atoms with Crippen LogP contribution in [-0.2, 0) is 17.6 Å². The van der Waals surface area contributed by atoms with Crippen LogP contribution in [0, 0.1) is 23.3 Å². The number of halogens is 4. The number of amides is 1. The second kappa shape index (κ2) is 11.3. The molecule has 1 aromatic heterocycles. The van der Waals surface area contributed by atoms with Gasteiger partial charge in [-0.05, 0) is 83.1 Å². The van der Waals surface area contributed by atoms with Gasteiger partial charge in [-0.25, -0.2) is 17.6 Å². The Labute approximate surface area is 228 Å². The van der Waals surface area contributed by atoms with Gasteiger partial charge >= 0.3 is 0 Å². The number of pyridine rings is 1. The molecule has 0 spiro atoms. The molecule has 0 radical (unpaired) electrons. The lowest BCUT2D eigenvalue weighted by Gasteiger charge is -2.20. The van der Waals surface area contributed by atoms with Gasteiger partial charge in [0.15, 0.2) is 0 Å². The molecule has 0 saturated heterocycles. The van der Waals surface area contributed by atoms with Crippen LogP contribution in [0.1, 0.15) is 51.5 Å². The van der Waals surface area contributed by atoms with E-state index in [1.165, 1.54) is 42.6 Å². The Kier molecular flexibility index (Phi) is 7.60. The molecule has 202 valence electrons. The van der Waals surface area contributed by atoms with E-state index in [0.29, 0.717) is 34.4 Å². The van der Waals surface area contributed by atoms with E-state index in [2.05, 4.69) is 4.98 Å². The zero-order chi connectivity index (χ0) is 28.4. The van der Waals surface area contributed by atoms with Gasteiger partial charge in [0.1, 0.15) is 29.1 Å². The third-order valence-corrected chi connectivity index (χ3v) is 7.02. The molecule has 1 aliphatic carbocycles. The van der Waals surface area contributed by atoms with Gasteiger partial charge in [0, 0.05) is 36.6 Å². The fourth-order valence-electron chi connectivity index (χ4n) is 5.24. The van der Waals surface area contributed by atoms with Crippen LogP contribution in [0.25, 0.3) is 16.7 Å². The average Bonchev–Trinajstić information content (AvgIpc) is 3.29. The number of fused-ring (bicyclic) bond motifs is 1. The third-order valence-electron chi connectivity index (χ3n) is 7.02. The van der Waals surface area contributed by atoms with Crippen LogP contribution in [-0.4, -0.2) is 16.7 Å². The Bertz CT molecular complexity index is 1640. The molecule has 1 atom stereocenters. The van der Waals surface area contributed by atoms with Crippen molar-refractivity contribution < 1.29 is 27.2 Å². The fourth-order valence-corrected chi connectivity index (χ4v) is 5.24. The molecule has 1 heterocycles. The van der Waals surface area contributed by atoms with Crippen LogP contribution in [0.5, 0.6) is 0 Å². The number of hydrogen-bond donors (Lipinski definition) is 1. The number of rotatable bonds is 9. The minimum Gasteiger partial charge on any atom is -0.366 e. The van der Waals surface area contributed by atoms with Gasteiger partial charge in [0.2, 0.25) is 0 Å². The zero-order valence-corrected chi connectivity index (χ0v) is 21.3. The summed E-state index contributed by atoms with van der Waals surface area (Å²) in [4.78, 5) is 29.7. The Morgan fingerprint density at radius 2 is 1.65 bits per heavy atom. The monoisotopic (exact) mass is 544 g/mol. The first-order valence-electron chi connectivity index (χ1n) is 12.7. The molecular formula is C32H24F4N2O2. The number of benzene rings is 3.